The van der Waals surface area contributed by atoms with Gasteiger partial charge in [-0.05, 0) is 114 Å². The van der Waals surface area contributed by atoms with Crippen LogP contribution in [0.1, 0.15) is 16.7 Å². The molecule has 2 aliphatic rings. The van der Waals surface area contributed by atoms with Crippen LogP contribution in [-0.4, -0.2) is 6.71 Å². The van der Waals surface area contributed by atoms with Crippen LogP contribution >= 0.6 is 11.3 Å². The van der Waals surface area contributed by atoms with E-state index in [0.29, 0.717) is 0 Å². The van der Waals surface area contributed by atoms with Crippen molar-refractivity contribution in [2.45, 2.75) is 20.8 Å². The van der Waals surface area contributed by atoms with Crippen LogP contribution in [0, 0.1) is 20.8 Å². The molecule has 3 heterocycles. The molecule has 198 valence electrons. The number of hydrogen-bond acceptors (Lipinski definition) is 2. The second-order valence-electron chi connectivity index (χ2n) is 12.0. The van der Waals surface area contributed by atoms with E-state index in [4.69, 9.17) is 0 Å². The molecule has 0 radical (unpaired) electrons. The maximum absolute atomic E-state index is 2.52. The molecule has 0 unspecified atom stereocenters. The number of benzene rings is 6. The van der Waals surface area contributed by atoms with E-state index in [0.717, 1.165) is 0 Å². The van der Waals surface area contributed by atoms with Crippen LogP contribution in [0.5, 0.6) is 0 Å². The zero-order valence-electron chi connectivity index (χ0n) is 23.9. The number of hydrogen-bond donors (Lipinski definition) is 0. The van der Waals surface area contributed by atoms with Crippen molar-refractivity contribution in [3.05, 3.63) is 132 Å². The summed E-state index contributed by atoms with van der Waals surface area (Å²) in [6.45, 7) is 6.84. The average Bonchev–Trinajstić information content (AvgIpc) is 3.53. The van der Waals surface area contributed by atoms with Gasteiger partial charge >= 0.3 is 0 Å². The van der Waals surface area contributed by atoms with Crippen LogP contribution in [0.25, 0.3) is 42.4 Å². The minimum absolute atomic E-state index is 0.236. The van der Waals surface area contributed by atoms with Gasteiger partial charge in [0.25, 0.3) is 0 Å². The molecule has 0 amide bonds. The summed E-state index contributed by atoms with van der Waals surface area (Å²) in [6.07, 6.45) is 0. The van der Waals surface area contributed by atoms with Gasteiger partial charge in [0, 0.05) is 37.2 Å². The van der Waals surface area contributed by atoms with Crippen LogP contribution in [0.4, 0.5) is 17.1 Å². The van der Waals surface area contributed by atoms with E-state index in [1.807, 2.05) is 11.3 Å². The predicted octanol–water partition coefficient (Wildman–Crippen LogP) is 8.93. The summed E-state index contributed by atoms with van der Waals surface area (Å²) < 4.78 is 2.69. The van der Waals surface area contributed by atoms with Crippen LogP contribution in [-0.2, 0) is 0 Å². The van der Waals surface area contributed by atoms with Crippen molar-refractivity contribution >= 4 is 71.7 Å². The minimum Gasteiger partial charge on any atom is -0.311 e. The zero-order chi connectivity index (χ0) is 28.1. The van der Waals surface area contributed by atoms with Crippen LogP contribution in [0.3, 0.4) is 0 Å². The summed E-state index contributed by atoms with van der Waals surface area (Å²) in [4.78, 5) is 2.52. The van der Waals surface area contributed by atoms with Gasteiger partial charge in [-0.1, -0.05) is 77.8 Å². The third kappa shape index (κ3) is 3.38. The Morgan fingerprint density at radius 2 is 1.31 bits per heavy atom. The monoisotopic (exact) mass is 553 g/mol. The lowest BCUT2D eigenvalue weighted by Gasteiger charge is -2.36. The van der Waals surface area contributed by atoms with Crippen molar-refractivity contribution in [3.8, 4) is 22.3 Å². The van der Waals surface area contributed by atoms with Gasteiger partial charge in [-0.25, -0.2) is 0 Å². The summed E-state index contributed by atoms with van der Waals surface area (Å²) in [6, 6.07) is 43.7. The molecule has 1 aromatic heterocycles. The van der Waals surface area contributed by atoms with E-state index in [9.17, 15) is 0 Å². The lowest BCUT2D eigenvalue weighted by molar-refractivity contribution is 1.27. The van der Waals surface area contributed by atoms with Gasteiger partial charge in [0.2, 0.25) is 6.71 Å². The molecule has 0 fully saturated rings. The molecule has 9 rings (SSSR count). The van der Waals surface area contributed by atoms with E-state index in [1.54, 1.807) is 0 Å². The molecule has 2 aliphatic heterocycles. The quantitative estimate of drug-likeness (QED) is 0.193. The Hall–Kier alpha value is -4.60. The number of rotatable bonds is 2. The van der Waals surface area contributed by atoms with E-state index >= 15 is 0 Å². The molecular weight excluding hydrogens is 525 g/mol. The molecule has 0 atom stereocenters. The van der Waals surface area contributed by atoms with Gasteiger partial charge in [0.1, 0.15) is 0 Å². The first-order chi connectivity index (χ1) is 20.5. The zero-order valence-corrected chi connectivity index (χ0v) is 24.7. The van der Waals surface area contributed by atoms with Crippen molar-refractivity contribution in [1.82, 2.24) is 0 Å². The van der Waals surface area contributed by atoms with E-state index in [-0.39, 0.29) is 6.71 Å². The van der Waals surface area contributed by atoms with Crippen LogP contribution in [0.15, 0.2) is 115 Å². The van der Waals surface area contributed by atoms with E-state index in [1.165, 1.54) is 92.6 Å². The fourth-order valence-electron chi connectivity index (χ4n) is 7.32. The molecule has 0 saturated heterocycles. The minimum atomic E-state index is 0.236. The summed E-state index contributed by atoms with van der Waals surface area (Å²) in [7, 11) is 0. The van der Waals surface area contributed by atoms with E-state index in [2.05, 4.69) is 141 Å². The van der Waals surface area contributed by atoms with Gasteiger partial charge < -0.3 is 4.90 Å². The predicted molar refractivity (Wildman–Crippen MR) is 184 cm³/mol. The van der Waals surface area contributed by atoms with Crippen molar-refractivity contribution < 1.29 is 0 Å². The van der Waals surface area contributed by atoms with E-state index < -0.39 is 0 Å². The highest BCUT2D eigenvalue weighted by molar-refractivity contribution is 7.25. The van der Waals surface area contributed by atoms with Crippen molar-refractivity contribution in [3.63, 3.8) is 0 Å². The lowest BCUT2D eigenvalue weighted by Crippen LogP contribution is -2.54. The molecule has 6 aromatic carbocycles. The molecule has 0 bridgehead atoms. The Kier molecular flexibility index (Phi) is 4.98. The Balaban J connectivity index is 1.37. The molecule has 42 heavy (non-hydrogen) atoms. The molecule has 1 nitrogen and oxygen atoms in total. The number of nitrogens with zero attached hydrogens (tertiary/aromatic N) is 1. The first kappa shape index (κ1) is 24.0. The number of thiophene rings is 1. The number of fused-ring (bicyclic) bond motifs is 8. The van der Waals surface area contributed by atoms with Crippen LogP contribution in [0.2, 0.25) is 0 Å². The molecule has 0 N–H and O–H groups in total. The molecule has 3 heteroatoms. The van der Waals surface area contributed by atoms with Crippen molar-refractivity contribution in [2.24, 2.45) is 0 Å². The normalized spacial score (nSPS) is 13.0. The Bertz CT molecular complexity index is 2260. The van der Waals surface area contributed by atoms with Crippen molar-refractivity contribution in [2.75, 3.05) is 4.90 Å². The first-order valence-electron chi connectivity index (χ1n) is 14.7. The topological polar surface area (TPSA) is 3.24 Å². The number of anilines is 3. The molecule has 0 saturated carbocycles. The van der Waals surface area contributed by atoms with Gasteiger partial charge in [-0.2, -0.15) is 0 Å². The highest BCUT2D eigenvalue weighted by Crippen LogP contribution is 2.44. The van der Waals surface area contributed by atoms with Gasteiger partial charge in [0.15, 0.2) is 0 Å². The van der Waals surface area contributed by atoms with Gasteiger partial charge in [-0.15, -0.1) is 11.3 Å². The summed E-state index contributed by atoms with van der Waals surface area (Å²) in [5.41, 5.74) is 17.2. The van der Waals surface area contributed by atoms with Gasteiger partial charge in [0.05, 0.1) is 0 Å². The molecule has 7 aromatic rings. The second-order valence-corrected chi connectivity index (χ2v) is 13.1. The molecular formula is C39H28BNS. The highest BCUT2D eigenvalue weighted by atomic mass is 32.1. The maximum Gasteiger partial charge on any atom is 0.248 e. The fraction of sp³-hybridized carbons (Fsp3) is 0.0769. The smallest absolute Gasteiger partial charge is 0.248 e. The number of aryl methyl sites for hydroxylation is 3. The maximum atomic E-state index is 2.52. The average molecular weight is 554 g/mol. The standard InChI is InChI=1S/C39H28BNS/c1-23-7-6-8-28(17-23)41-35-19-25(3)12-15-34(35)40-33-14-11-24(2)18-30(33)32-21-27(22-36(41)39(32)40)26-13-16-38-31(20-26)29-9-4-5-10-37(29)42-38/h4-22H,1-3H3. The molecule has 0 spiro atoms. The van der Waals surface area contributed by atoms with Crippen molar-refractivity contribution in [1.29, 1.82) is 0 Å². The summed E-state index contributed by atoms with van der Waals surface area (Å²) in [5.74, 6) is 0. The Morgan fingerprint density at radius 1 is 0.524 bits per heavy atom. The SMILES string of the molecule is Cc1cccc(N2c3cc(C)ccc3B3c4ccc(C)cc4-c4cc(-c5ccc6sc7ccccc7c6c5)cc2c43)c1. The first-order valence-corrected chi connectivity index (χ1v) is 15.5. The lowest BCUT2D eigenvalue weighted by atomic mass is 9.37. The third-order valence-electron chi connectivity index (χ3n) is 9.21. The highest BCUT2D eigenvalue weighted by Gasteiger charge is 2.42. The third-order valence-corrected chi connectivity index (χ3v) is 10.4. The summed E-state index contributed by atoms with van der Waals surface area (Å²) in [5, 5.41) is 2.68. The molecule has 0 aliphatic carbocycles. The fourth-order valence-corrected chi connectivity index (χ4v) is 8.41. The Morgan fingerprint density at radius 3 is 2.19 bits per heavy atom. The van der Waals surface area contributed by atoms with Crippen LogP contribution < -0.4 is 21.3 Å². The second kappa shape index (κ2) is 8.70. The Labute approximate surface area is 250 Å². The summed E-state index contributed by atoms with van der Waals surface area (Å²) >= 11 is 1.88. The van der Waals surface area contributed by atoms with Gasteiger partial charge in [-0.3, -0.25) is 0 Å². The largest absolute Gasteiger partial charge is 0.311 e.